The molecule has 0 aliphatic heterocycles. The highest BCUT2D eigenvalue weighted by molar-refractivity contribution is 7.45. The van der Waals surface area contributed by atoms with Crippen LogP contribution in [-0.2, 0) is 10.7 Å². The average molecular weight is 453 g/mol. The van der Waals surface area contributed by atoms with Crippen molar-refractivity contribution in [3.63, 3.8) is 0 Å². The molecule has 3 rings (SSSR count). The molecule has 0 amide bonds. The molecule has 3 aromatic rings. The maximum Gasteiger partial charge on any atom is 0.466 e. The van der Waals surface area contributed by atoms with E-state index in [1.54, 1.807) is 12.1 Å². The third kappa shape index (κ3) is 8.65. The molecule has 1 atom stereocenters. The van der Waals surface area contributed by atoms with E-state index in [1.165, 1.54) is 22.4 Å². The Labute approximate surface area is 178 Å². The number of halogens is 3. The zero-order valence-electron chi connectivity index (χ0n) is 16.6. The molecule has 5 nitrogen and oxygen atoms in total. The van der Waals surface area contributed by atoms with Crippen molar-refractivity contribution in [1.82, 2.24) is 5.32 Å². The van der Waals surface area contributed by atoms with E-state index in [0.717, 1.165) is 12.1 Å². The minimum absolute atomic E-state index is 0.132. The monoisotopic (exact) mass is 453 g/mol. The van der Waals surface area contributed by atoms with Crippen LogP contribution in [0.15, 0.2) is 72.8 Å². The zero-order chi connectivity index (χ0) is 23.1. The van der Waals surface area contributed by atoms with Crippen molar-refractivity contribution in [3.8, 4) is 0 Å². The van der Waals surface area contributed by atoms with Crippen molar-refractivity contribution in [2.45, 2.75) is 19.1 Å². The van der Waals surface area contributed by atoms with Crippen LogP contribution in [0.25, 0.3) is 16.8 Å². The molecule has 0 aliphatic carbocycles. The Morgan fingerprint density at radius 2 is 1.61 bits per heavy atom. The number of phosphoric acid groups is 1. The van der Waals surface area contributed by atoms with Crippen LogP contribution in [0.4, 0.5) is 13.2 Å². The van der Waals surface area contributed by atoms with Gasteiger partial charge in [-0.1, -0.05) is 66.7 Å². The summed E-state index contributed by atoms with van der Waals surface area (Å²) in [6.07, 6.45) is -0.764. The summed E-state index contributed by atoms with van der Waals surface area (Å²) >= 11 is 0. The van der Waals surface area contributed by atoms with Gasteiger partial charge >= 0.3 is 14.0 Å². The van der Waals surface area contributed by atoms with Gasteiger partial charge < -0.3 is 20.0 Å². The van der Waals surface area contributed by atoms with Crippen LogP contribution >= 0.6 is 7.82 Å². The van der Waals surface area contributed by atoms with Gasteiger partial charge in [0.1, 0.15) is 0 Å². The van der Waals surface area contributed by atoms with Crippen LogP contribution in [-0.4, -0.2) is 21.2 Å². The van der Waals surface area contributed by atoms with Crippen molar-refractivity contribution < 1.29 is 32.4 Å². The quantitative estimate of drug-likeness (QED) is 0.394. The van der Waals surface area contributed by atoms with Crippen LogP contribution in [0.5, 0.6) is 0 Å². The van der Waals surface area contributed by atoms with Crippen LogP contribution in [0.1, 0.15) is 29.7 Å². The maximum atomic E-state index is 12.7. The molecule has 0 spiro atoms. The highest BCUT2D eigenvalue weighted by Gasteiger charge is 2.30. The number of alkyl halides is 3. The Bertz CT molecular complexity index is 1070. The second-order valence-electron chi connectivity index (χ2n) is 6.74. The molecule has 3 aromatic carbocycles. The van der Waals surface area contributed by atoms with Crippen LogP contribution < -0.4 is 5.32 Å². The van der Waals surface area contributed by atoms with Gasteiger partial charge in [-0.15, -0.1) is 0 Å². The molecular weight excluding hydrogens is 430 g/mol. The Morgan fingerprint density at radius 3 is 2.29 bits per heavy atom. The summed E-state index contributed by atoms with van der Waals surface area (Å²) in [5, 5.41) is 5.80. The fourth-order valence-corrected chi connectivity index (χ4v) is 3.00. The molecule has 0 fully saturated rings. The van der Waals surface area contributed by atoms with Gasteiger partial charge in [0, 0.05) is 12.6 Å². The summed E-state index contributed by atoms with van der Waals surface area (Å²) in [6, 6.07) is 19.9. The number of nitrogens with one attached hydrogen (secondary N) is 1. The minimum Gasteiger partial charge on any atom is -0.307 e. The summed E-state index contributed by atoms with van der Waals surface area (Å²) in [5.74, 6) is 0. The van der Waals surface area contributed by atoms with E-state index in [0.29, 0.717) is 12.1 Å². The van der Waals surface area contributed by atoms with Gasteiger partial charge in [0.2, 0.25) is 0 Å². The topological polar surface area (TPSA) is 89.8 Å². The van der Waals surface area contributed by atoms with Crippen molar-refractivity contribution in [3.05, 3.63) is 89.5 Å². The van der Waals surface area contributed by atoms with E-state index < -0.39 is 19.6 Å². The van der Waals surface area contributed by atoms with Crippen LogP contribution in [0, 0.1) is 0 Å². The molecule has 0 heterocycles. The highest BCUT2D eigenvalue weighted by Crippen LogP contribution is 2.30. The maximum absolute atomic E-state index is 12.7. The van der Waals surface area contributed by atoms with E-state index >= 15 is 0 Å². The van der Waals surface area contributed by atoms with Crippen LogP contribution in [0.3, 0.4) is 0 Å². The first-order valence-electron chi connectivity index (χ1n) is 9.28. The normalized spacial score (nSPS) is 13.1. The molecule has 0 saturated heterocycles. The lowest BCUT2D eigenvalue weighted by molar-refractivity contribution is -0.137. The van der Waals surface area contributed by atoms with E-state index in [9.17, 15) is 13.2 Å². The van der Waals surface area contributed by atoms with E-state index in [1.807, 2.05) is 24.3 Å². The summed E-state index contributed by atoms with van der Waals surface area (Å²) in [5.41, 5.74) is 1.12. The largest absolute Gasteiger partial charge is 0.466 e. The molecule has 0 saturated carbocycles. The third-order valence-electron chi connectivity index (χ3n) is 4.36. The van der Waals surface area contributed by atoms with Crippen molar-refractivity contribution >= 4 is 24.7 Å². The number of hydrogen-bond donors (Lipinski definition) is 4. The number of rotatable bonds is 5. The smallest absolute Gasteiger partial charge is 0.307 e. The van der Waals surface area contributed by atoms with Gasteiger partial charge in [-0.3, -0.25) is 0 Å². The molecule has 0 aliphatic rings. The first-order chi connectivity index (χ1) is 14.4. The highest BCUT2D eigenvalue weighted by atomic mass is 31.2. The van der Waals surface area contributed by atoms with Gasteiger partial charge in [-0.2, -0.15) is 13.2 Å². The van der Waals surface area contributed by atoms with E-state index in [-0.39, 0.29) is 6.04 Å². The van der Waals surface area contributed by atoms with Gasteiger partial charge in [0.15, 0.2) is 0 Å². The Balaban J connectivity index is 0.000000614. The molecule has 0 radical (unpaired) electrons. The molecule has 0 bridgehead atoms. The lowest BCUT2D eigenvalue weighted by atomic mass is 10.00. The lowest BCUT2D eigenvalue weighted by Gasteiger charge is -2.15. The van der Waals surface area contributed by atoms with Gasteiger partial charge in [-0.25, -0.2) is 4.57 Å². The average Bonchev–Trinajstić information content (AvgIpc) is 2.69. The SMILES string of the molecule is CC(NC/C=C/c1cccc(C(F)(F)F)c1)c1cccc2ccccc12.O=P(O)(O)O. The number of benzene rings is 3. The molecule has 31 heavy (non-hydrogen) atoms. The van der Waals surface area contributed by atoms with Gasteiger partial charge in [0.05, 0.1) is 5.56 Å². The first kappa shape index (κ1) is 24.8. The molecule has 1 unspecified atom stereocenters. The fourth-order valence-electron chi connectivity index (χ4n) is 3.00. The molecule has 4 N–H and O–H groups in total. The van der Waals surface area contributed by atoms with Gasteiger partial charge in [0.25, 0.3) is 0 Å². The summed E-state index contributed by atoms with van der Waals surface area (Å²) < 4.78 is 47.1. The minimum atomic E-state index is -4.64. The van der Waals surface area contributed by atoms with E-state index in [2.05, 4.69) is 36.5 Å². The van der Waals surface area contributed by atoms with Gasteiger partial charge in [-0.05, 0) is 41.0 Å². The number of hydrogen-bond acceptors (Lipinski definition) is 2. The first-order valence-corrected chi connectivity index (χ1v) is 10.8. The summed E-state index contributed by atoms with van der Waals surface area (Å²) in [6.45, 7) is 2.65. The third-order valence-corrected chi connectivity index (χ3v) is 4.36. The zero-order valence-corrected chi connectivity index (χ0v) is 17.5. The Hall–Kier alpha value is -2.48. The van der Waals surface area contributed by atoms with E-state index in [4.69, 9.17) is 19.2 Å². The molecule has 0 aromatic heterocycles. The van der Waals surface area contributed by atoms with Crippen molar-refractivity contribution in [2.24, 2.45) is 0 Å². The van der Waals surface area contributed by atoms with Crippen LogP contribution in [0.2, 0.25) is 0 Å². The predicted octanol–water partition coefficient (Wildman–Crippen LogP) is 5.29. The molecule has 166 valence electrons. The standard InChI is InChI=1S/C22H20F3N.H3O4P/c1-16(20-13-5-10-18-9-2-3-12-21(18)20)26-14-6-8-17-7-4-11-19(15-17)22(23,24)25;1-5(2,3)4/h2-13,15-16,26H,14H2,1H3;(H3,1,2,3,4)/b8-6+;. The summed E-state index contributed by atoms with van der Waals surface area (Å²) in [4.78, 5) is 21.6. The summed E-state index contributed by atoms with van der Waals surface area (Å²) in [7, 11) is -4.64. The predicted molar refractivity (Wildman–Crippen MR) is 115 cm³/mol. The fraction of sp³-hybridized carbons (Fsp3) is 0.182. The lowest BCUT2D eigenvalue weighted by Crippen LogP contribution is -2.18. The molecular formula is C22H23F3NO4P. The Morgan fingerprint density at radius 1 is 1.00 bits per heavy atom. The number of fused-ring (bicyclic) bond motifs is 1. The molecule has 9 heteroatoms. The second-order valence-corrected chi connectivity index (χ2v) is 7.76. The van der Waals surface area contributed by atoms with Crippen molar-refractivity contribution in [2.75, 3.05) is 6.54 Å². The van der Waals surface area contributed by atoms with Crippen molar-refractivity contribution in [1.29, 1.82) is 0 Å². The Kier molecular flexibility index (Phi) is 8.56. The second kappa shape index (κ2) is 10.7.